The zero-order valence-corrected chi connectivity index (χ0v) is 21.6. The summed E-state index contributed by atoms with van der Waals surface area (Å²) >= 11 is 6.82. The van der Waals surface area contributed by atoms with Crippen LogP contribution in [-0.2, 0) is 4.79 Å². The Morgan fingerprint density at radius 1 is 1.00 bits per heavy atom. The maximum Gasteiger partial charge on any atom is 0.266 e. The number of ether oxygens (including phenoxy) is 2. The van der Waals surface area contributed by atoms with E-state index in [1.54, 1.807) is 12.0 Å². The number of benzene rings is 2. The maximum atomic E-state index is 12.9. The number of rotatable bonds is 7. The van der Waals surface area contributed by atoms with Crippen LogP contribution in [0.4, 0.5) is 0 Å². The summed E-state index contributed by atoms with van der Waals surface area (Å²) in [4.78, 5) is 15.3. The highest BCUT2D eigenvalue weighted by Crippen LogP contribution is 2.34. The fourth-order valence-electron chi connectivity index (χ4n) is 3.94. The number of thioether (sulfide) groups is 1. The number of nitrogens with zero attached hydrogens (tertiary/aromatic N) is 2. The molecular formula is C27H28N2O3S2. The summed E-state index contributed by atoms with van der Waals surface area (Å²) in [5.41, 5.74) is 4.20. The Morgan fingerprint density at radius 3 is 2.18 bits per heavy atom. The fraction of sp³-hybridized carbons (Fsp3) is 0.259. The van der Waals surface area contributed by atoms with Gasteiger partial charge in [-0.2, -0.15) is 0 Å². The van der Waals surface area contributed by atoms with Gasteiger partial charge in [0.2, 0.25) is 0 Å². The van der Waals surface area contributed by atoms with Crippen molar-refractivity contribution in [2.24, 2.45) is 5.92 Å². The van der Waals surface area contributed by atoms with Crippen LogP contribution in [0.5, 0.6) is 17.2 Å². The molecule has 1 aliphatic heterocycles. The molecule has 5 nitrogen and oxygen atoms in total. The zero-order chi connectivity index (χ0) is 24.4. The molecule has 4 rings (SSSR count). The largest absolute Gasteiger partial charge is 0.497 e. The molecule has 0 aliphatic carbocycles. The molecule has 2 aromatic carbocycles. The first-order valence-electron chi connectivity index (χ1n) is 11.1. The molecular weight excluding hydrogens is 464 g/mol. The third kappa shape index (κ3) is 5.05. The molecule has 0 spiro atoms. The van der Waals surface area contributed by atoms with Gasteiger partial charge in [0.1, 0.15) is 21.6 Å². The third-order valence-corrected chi connectivity index (χ3v) is 6.95. The van der Waals surface area contributed by atoms with Gasteiger partial charge in [0.25, 0.3) is 5.91 Å². The number of methoxy groups -OCH3 is 1. The lowest BCUT2D eigenvalue weighted by atomic mass is 10.2. The van der Waals surface area contributed by atoms with Crippen LogP contribution in [0.15, 0.2) is 59.5 Å². The minimum Gasteiger partial charge on any atom is -0.497 e. The summed E-state index contributed by atoms with van der Waals surface area (Å²) in [5, 5.41) is 0. The van der Waals surface area contributed by atoms with E-state index in [0.717, 1.165) is 39.9 Å². The van der Waals surface area contributed by atoms with Gasteiger partial charge in [0, 0.05) is 23.6 Å². The molecule has 0 atom stereocenters. The fourth-order valence-corrected chi connectivity index (χ4v) is 5.20. The van der Waals surface area contributed by atoms with Crippen molar-refractivity contribution in [1.29, 1.82) is 0 Å². The van der Waals surface area contributed by atoms with Crippen LogP contribution in [-0.4, -0.2) is 33.3 Å². The van der Waals surface area contributed by atoms with Gasteiger partial charge in [-0.25, -0.2) is 0 Å². The molecule has 1 fully saturated rings. The van der Waals surface area contributed by atoms with Crippen molar-refractivity contribution in [2.75, 3.05) is 13.7 Å². The van der Waals surface area contributed by atoms with E-state index in [0.29, 0.717) is 21.7 Å². The molecule has 1 aliphatic rings. The summed E-state index contributed by atoms with van der Waals surface area (Å²) in [6.45, 7) is 8.95. The Labute approximate surface area is 210 Å². The molecule has 1 amide bonds. The number of carbonyl (C=O) groups excluding carboxylic acids is 1. The molecule has 2 heterocycles. The first-order chi connectivity index (χ1) is 16.3. The lowest BCUT2D eigenvalue weighted by molar-refractivity contribution is -0.122. The summed E-state index contributed by atoms with van der Waals surface area (Å²) in [7, 11) is 1.64. The average Bonchev–Trinajstić information content (AvgIpc) is 3.24. The Morgan fingerprint density at radius 2 is 1.59 bits per heavy atom. The summed E-state index contributed by atoms with van der Waals surface area (Å²) < 4.78 is 14.0. The normalized spacial score (nSPS) is 15.0. The van der Waals surface area contributed by atoms with Crippen molar-refractivity contribution in [1.82, 2.24) is 9.47 Å². The molecule has 0 saturated carbocycles. The van der Waals surface area contributed by atoms with Gasteiger partial charge < -0.3 is 14.0 Å². The molecule has 176 valence electrons. The van der Waals surface area contributed by atoms with E-state index in [1.807, 2.05) is 54.6 Å². The van der Waals surface area contributed by atoms with Gasteiger partial charge in [-0.3, -0.25) is 9.69 Å². The second kappa shape index (κ2) is 10.1. The van der Waals surface area contributed by atoms with Crippen molar-refractivity contribution in [3.63, 3.8) is 0 Å². The van der Waals surface area contributed by atoms with Gasteiger partial charge >= 0.3 is 0 Å². The number of hydrogen-bond donors (Lipinski definition) is 0. The summed E-state index contributed by atoms with van der Waals surface area (Å²) in [6.07, 6.45) is 1.96. The highest BCUT2D eigenvalue weighted by molar-refractivity contribution is 8.26. The predicted octanol–water partition coefficient (Wildman–Crippen LogP) is 6.75. The molecule has 1 saturated heterocycles. The van der Waals surface area contributed by atoms with Crippen molar-refractivity contribution >= 4 is 40.3 Å². The van der Waals surface area contributed by atoms with Crippen LogP contribution in [0.25, 0.3) is 11.8 Å². The van der Waals surface area contributed by atoms with Crippen LogP contribution >= 0.6 is 24.0 Å². The zero-order valence-electron chi connectivity index (χ0n) is 20.0. The standard InChI is InChI=1S/C27H28N2O3S2/c1-17(2)16-28-26(30)25(34-27(28)33)15-20-14-18(3)29(19(20)4)21-6-8-23(9-7-21)32-24-12-10-22(31-5)11-13-24/h6-15,17H,16H2,1-5H3/b25-15-. The number of aromatic nitrogens is 1. The predicted molar refractivity (Wildman–Crippen MR) is 143 cm³/mol. The van der Waals surface area contributed by atoms with E-state index in [4.69, 9.17) is 21.7 Å². The van der Waals surface area contributed by atoms with Gasteiger partial charge in [-0.15, -0.1) is 0 Å². The van der Waals surface area contributed by atoms with Gasteiger partial charge in [0.05, 0.1) is 12.0 Å². The number of thiocarbonyl (C=S) groups is 1. The van der Waals surface area contributed by atoms with Crippen molar-refractivity contribution in [3.8, 4) is 22.9 Å². The molecule has 34 heavy (non-hydrogen) atoms. The number of hydrogen-bond acceptors (Lipinski definition) is 5. The van der Waals surface area contributed by atoms with Gasteiger partial charge in [-0.05, 0) is 86.0 Å². The Balaban J connectivity index is 1.55. The molecule has 0 bridgehead atoms. The van der Waals surface area contributed by atoms with Crippen LogP contribution in [0, 0.1) is 19.8 Å². The minimum absolute atomic E-state index is 0.00598. The Hall–Kier alpha value is -3.03. The van der Waals surface area contributed by atoms with Crippen LogP contribution in [0.1, 0.15) is 30.8 Å². The monoisotopic (exact) mass is 492 g/mol. The second-order valence-corrected chi connectivity index (χ2v) is 10.3. The minimum atomic E-state index is -0.00598. The van der Waals surface area contributed by atoms with Crippen LogP contribution in [0.3, 0.4) is 0 Å². The highest BCUT2D eigenvalue weighted by atomic mass is 32.2. The van der Waals surface area contributed by atoms with Crippen LogP contribution < -0.4 is 9.47 Å². The maximum absolute atomic E-state index is 12.9. The van der Waals surface area contributed by atoms with E-state index in [1.165, 1.54) is 11.8 Å². The third-order valence-electron chi connectivity index (χ3n) is 5.57. The number of carbonyl (C=O) groups is 1. The first-order valence-corrected chi connectivity index (χ1v) is 12.4. The van der Waals surface area contributed by atoms with E-state index >= 15 is 0 Å². The van der Waals surface area contributed by atoms with Crippen molar-refractivity contribution < 1.29 is 14.3 Å². The molecule has 0 N–H and O–H groups in total. The summed E-state index contributed by atoms with van der Waals surface area (Å²) in [5.74, 6) is 2.65. The molecule has 1 aromatic heterocycles. The molecule has 3 aromatic rings. The topological polar surface area (TPSA) is 43.7 Å². The smallest absolute Gasteiger partial charge is 0.266 e. The van der Waals surface area contributed by atoms with Crippen molar-refractivity contribution in [2.45, 2.75) is 27.7 Å². The molecule has 7 heteroatoms. The number of amides is 1. The highest BCUT2D eigenvalue weighted by Gasteiger charge is 2.32. The first kappa shape index (κ1) is 24.1. The Kier molecular flexibility index (Phi) is 7.14. The number of aryl methyl sites for hydroxylation is 1. The Bertz CT molecular complexity index is 1240. The van der Waals surface area contributed by atoms with Gasteiger partial charge in [-0.1, -0.05) is 37.8 Å². The lowest BCUT2D eigenvalue weighted by Crippen LogP contribution is -2.31. The van der Waals surface area contributed by atoms with E-state index in [9.17, 15) is 4.79 Å². The lowest BCUT2D eigenvalue weighted by Gasteiger charge is -2.16. The van der Waals surface area contributed by atoms with E-state index in [2.05, 4.69) is 38.3 Å². The average molecular weight is 493 g/mol. The quantitative estimate of drug-likeness (QED) is 0.270. The van der Waals surface area contributed by atoms with Crippen molar-refractivity contribution in [3.05, 3.63) is 76.5 Å². The molecule has 0 radical (unpaired) electrons. The molecule has 0 unspecified atom stereocenters. The van der Waals surface area contributed by atoms with Gasteiger partial charge in [0.15, 0.2) is 0 Å². The van der Waals surface area contributed by atoms with E-state index < -0.39 is 0 Å². The summed E-state index contributed by atoms with van der Waals surface area (Å²) in [6, 6.07) is 17.6. The second-order valence-electron chi connectivity index (χ2n) is 8.62. The van der Waals surface area contributed by atoms with E-state index in [-0.39, 0.29) is 5.91 Å². The van der Waals surface area contributed by atoms with Crippen LogP contribution in [0.2, 0.25) is 0 Å². The SMILES string of the molecule is COc1ccc(Oc2ccc(-n3c(C)cc(/C=C4\SC(=S)N(CC(C)C)C4=O)c3C)cc2)cc1.